The van der Waals surface area contributed by atoms with E-state index in [1.165, 1.54) is 15.9 Å². The summed E-state index contributed by atoms with van der Waals surface area (Å²) in [7, 11) is 1.54. The number of esters is 1. The number of allylic oxidation sites excluding steroid dienone is 1. The third kappa shape index (κ3) is 6.38. The number of carbonyl (C=O) groups is 2. The summed E-state index contributed by atoms with van der Waals surface area (Å²) in [6.45, 7) is 5.76. The van der Waals surface area contributed by atoms with Gasteiger partial charge < -0.3 is 24.7 Å². The minimum atomic E-state index is -0.856. The van der Waals surface area contributed by atoms with Gasteiger partial charge in [0, 0.05) is 5.56 Å². The van der Waals surface area contributed by atoms with Gasteiger partial charge in [-0.15, -0.1) is 0 Å². The lowest BCUT2D eigenvalue weighted by Gasteiger charge is -2.27. The van der Waals surface area contributed by atoms with Crippen LogP contribution in [-0.4, -0.2) is 43.4 Å². The minimum absolute atomic E-state index is 0.165. The summed E-state index contributed by atoms with van der Waals surface area (Å²) < 4.78 is 25.0. The van der Waals surface area contributed by atoms with Crippen molar-refractivity contribution in [2.45, 2.75) is 33.2 Å². The molecule has 41 heavy (non-hydrogen) atoms. The zero-order chi connectivity index (χ0) is 29.7. The van der Waals surface area contributed by atoms with Crippen LogP contribution < -0.4 is 34.8 Å². The number of ether oxygens (including phenoxy) is 4. The van der Waals surface area contributed by atoms with Gasteiger partial charge in [0.1, 0.15) is 11.8 Å². The van der Waals surface area contributed by atoms with Gasteiger partial charge in [-0.3, -0.25) is 14.2 Å². The highest BCUT2D eigenvalue weighted by Crippen LogP contribution is 2.41. The van der Waals surface area contributed by atoms with Crippen molar-refractivity contribution in [1.29, 1.82) is 0 Å². The molecule has 0 spiro atoms. The summed E-state index contributed by atoms with van der Waals surface area (Å²) in [4.78, 5) is 43.4. The van der Waals surface area contributed by atoms with Gasteiger partial charge in [0.2, 0.25) is 0 Å². The van der Waals surface area contributed by atoms with Crippen molar-refractivity contribution in [3.63, 3.8) is 0 Å². The summed E-state index contributed by atoms with van der Waals surface area (Å²) in [5.74, 6) is 0.221. The number of aromatic nitrogens is 1. The number of nitrogens with two attached hydrogens (primary N) is 1. The third-order valence-corrected chi connectivity index (χ3v) is 7.72. The lowest BCUT2D eigenvalue weighted by Crippen LogP contribution is -2.40. The van der Waals surface area contributed by atoms with Gasteiger partial charge in [0.15, 0.2) is 22.9 Å². The van der Waals surface area contributed by atoms with Crippen LogP contribution in [-0.2, 0) is 14.3 Å². The van der Waals surface area contributed by atoms with Crippen molar-refractivity contribution in [3.8, 4) is 17.2 Å². The van der Waals surface area contributed by atoms with Crippen molar-refractivity contribution >= 4 is 45.2 Å². The van der Waals surface area contributed by atoms with E-state index in [-0.39, 0.29) is 24.3 Å². The normalized spacial score (nSPS) is 14.8. The van der Waals surface area contributed by atoms with E-state index in [0.29, 0.717) is 54.5 Å². The second-order valence-electron chi connectivity index (χ2n) is 8.97. The number of amides is 1. The molecule has 1 atom stereocenters. The number of hydrogen-bond acceptors (Lipinski definition) is 9. The SMILES string of the molecule is CCCOc1c(OC)cccc1[C@H]1C(C(=O)OCC)=C(C)N=c2s/c(=C/c3ccc(OCC(N)=O)c(Br)c3)c(=O)n21. The van der Waals surface area contributed by atoms with E-state index in [4.69, 9.17) is 24.7 Å². The predicted molar refractivity (Wildman–Crippen MR) is 158 cm³/mol. The first kappa shape index (κ1) is 30.1. The van der Waals surface area contributed by atoms with Crippen molar-refractivity contribution in [2.75, 3.05) is 26.9 Å². The van der Waals surface area contributed by atoms with Crippen molar-refractivity contribution < 1.29 is 28.5 Å². The molecule has 1 aliphatic heterocycles. The van der Waals surface area contributed by atoms with Gasteiger partial charge >= 0.3 is 5.97 Å². The Bertz CT molecular complexity index is 1690. The number of hydrogen-bond donors (Lipinski definition) is 1. The average molecular weight is 645 g/mol. The molecule has 2 aromatic carbocycles. The molecule has 0 bridgehead atoms. The molecule has 0 radical (unpaired) electrons. The number of benzene rings is 2. The molecule has 0 unspecified atom stereocenters. The van der Waals surface area contributed by atoms with E-state index in [9.17, 15) is 14.4 Å². The van der Waals surface area contributed by atoms with Gasteiger partial charge in [0.05, 0.1) is 40.6 Å². The molecule has 216 valence electrons. The molecule has 1 amide bonds. The molecule has 12 heteroatoms. The monoisotopic (exact) mass is 643 g/mol. The highest BCUT2D eigenvalue weighted by molar-refractivity contribution is 9.10. The van der Waals surface area contributed by atoms with E-state index in [0.717, 1.165) is 6.42 Å². The Morgan fingerprint density at radius 3 is 2.61 bits per heavy atom. The molecular weight excluding hydrogens is 614 g/mol. The maximum absolute atomic E-state index is 14.0. The molecule has 1 aliphatic rings. The van der Waals surface area contributed by atoms with Crippen molar-refractivity contribution in [1.82, 2.24) is 4.57 Å². The number of halogens is 1. The summed E-state index contributed by atoms with van der Waals surface area (Å²) in [5.41, 5.74) is 6.83. The van der Waals surface area contributed by atoms with Crippen LogP contribution >= 0.6 is 27.3 Å². The van der Waals surface area contributed by atoms with Crippen molar-refractivity contribution in [2.24, 2.45) is 10.7 Å². The van der Waals surface area contributed by atoms with Crippen LogP contribution in [0.4, 0.5) is 0 Å². The van der Waals surface area contributed by atoms with Gasteiger partial charge in [-0.05, 0) is 66.0 Å². The molecular formula is C29H30BrN3O7S. The fourth-order valence-corrected chi connectivity index (χ4v) is 5.93. The van der Waals surface area contributed by atoms with E-state index in [2.05, 4.69) is 20.9 Å². The number of nitrogens with zero attached hydrogens (tertiary/aromatic N) is 2. The van der Waals surface area contributed by atoms with Crippen LogP contribution in [0.1, 0.15) is 44.4 Å². The smallest absolute Gasteiger partial charge is 0.338 e. The first-order valence-corrected chi connectivity index (χ1v) is 14.5. The Morgan fingerprint density at radius 2 is 1.95 bits per heavy atom. The van der Waals surface area contributed by atoms with Gasteiger partial charge in [0.25, 0.3) is 11.5 Å². The first-order valence-electron chi connectivity index (χ1n) is 12.9. The zero-order valence-electron chi connectivity index (χ0n) is 23.1. The lowest BCUT2D eigenvalue weighted by molar-refractivity contribution is -0.139. The fourth-order valence-electron chi connectivity index (χ4n) is 4.38. The van der Waals surface area contributed by atoms with Gasteiger partial charge in [-0.25, -0.2) is 9.79 Å². The standard InChI is InChI=1S/C29H30BrN3O7S/c1-5-12-39-26-18(8-7-9-21(26)37-4)25-24(28(36)38-6-2)16(3)32-29-33(25)27(35)22(41-29)14-17-10-11-20(19(30)13-17)40-15-23(31)34/h7-11,13-14,25H,5-6,12,15H2,1-4H3,(H2,31,34)/b22-14+/t25-/m0/s1. The maximum Gasteiger partial charge on any atom is 0.338 e. The molecule has 0 saturated carbocycles. The Morgan fingerprint density at radius 1 is 1.17 bits per heavy atom. The number of fused-ring (bicyclic) bond motifs is 1. The third-order valence-electron chi connectivity index (χ3n) is 6.12. The number of rotatable bonds is 11. The van der Waals surface area contributed by atoms with E-state index in [1.54, 1.807) is 57.4 Å². The highest BCUT2D eigenvalue weighted by atomic mass is 79.9. The van der Waals surface area contributed by atoms with E-state index in [1.807, 2.05) is 13.0 Å². The van der Waals surface area contributed by atoms with Crippen LogP contribution in [0.25, 0.3) is 6.08 Å². The molecule has 10 nitrogen and oxygen atoms in total. The lowest BCUT2D eigenvalue weighted by atomic mass is 9.94. The highest BCUT2D eigenvalue weighted by Gasteiger charge is 2.36. The Labute approximate surface area is 248 Å². The maximum atomic E-state index is 14.0. The van der Waals surface area contributed by atoms with Crippen molar-refractivity contribution in [3.05, 3.63) is 83.0 Å². The molecule has 1 aromatic heterocycles. The number of thiazole rings is 1. The summed E-state index contributed by atoms with van der Waals surface area (Å²) in [6, 6.07) is 9.72. The fraction of sp³-hybridized carbons (Fsp3) is 0.310. The molecule has 2 heterocycles. The van der Waals surface area contributed by atoms with Gasteiger partial charge in [-0.1, -0.05) is 36.5 Å². The number of methoxy groups -OCH3 is 1. The van der Waals surface area contributed by atoms with E-state index < -0.39 is 17.9 Å². The van der Waals surface area contributed by atoms with Gasteiger partial charge in [-0.2, -0.15) is 0 Å². The number of primary amides is 1. The summed E-state index contributed by atoms with van der Waals surface area (Å²) in [6.07, 6.45) is 2.48. The minimum Gasteiger partial charge on any atom is -0.493 e. The molecule has 0 saturated heterocycles. The Balaban J connectivity index is 1.91. The molecule has 3 aromatic rings. The molecule has 4 rings (SSSR count). The largest absolute Gasteiger partial charge is 0.493 e. The summed E-state index contributed by atoms with van der Waals surface area (Å²) in [5, 5.41) is 0. The zero-order valence-corrected chi connectivity index (χ0v) is 25.5. The van der Waals surface area contributed by atoms with Crippen LogP contribution in [0, 0.1) is 0 Å². The van der Waals surface area contributed by atoms with Crippen LogP contribution in [0.5, 0.6) is 17.2 Å². The molecule has 2 N–H and O–H groups in total. The van der Waals surface area contributed by atoms with Crippen LogP contribution in [0.15, 0.2) is 61.9 Å². The number of carbonyl (C=O) groups excluding carboxylic acids is 2. The summed E-state index contributed by atoms with van der Waals surface area (Å²) >= 11 is 4.64. The number of para-hydroxylation sites is 1. The molecule has 0 fully saturated rings. The predicted octanol–water partition coefficient (Wildman–Crippen LogP) is 3.22. The Hall–Kier alpha value is -3.90. The second kappa shape index (κ2) is 13.2. The average Bonchev–Trinajstić information content (AvgIpc) is 3.24. The first-order chi connectivity index (χ1) is 19.7. The van der Waals surface area contributed by atoms with E-state index >= 15 is 0 Å². The second-order valence-corrected chi connectivity index (χ2v) is 10.8. The molecule has 0 aliphatic carbocycles. The van der Waals surface area contributed by atoms with Crippen LogP contribution in [0.2, 0.25) is 0 Å². The Kier molecular flexibility index (Phi) is 9.66. The van der Waals surface area contributed by atoms with Crippen LogP contribution in [0.3, 0.4) is 0 Å². The topological polar surface area (TPSA) is 131 Å². The quantitative estimate of drug-likeness (QED) is 0.317.